The second-order valence-corrected chi connectivity index (χ2v) is 8.30. The maximum Gasteiger partial charge on any atom is 0.293 e. The largest absolute Gasteiger partial charge is 0.303 e. The number of fused-ring (bicyclic) bond motifs is 1. The van der Waals surface area contributed by atoms with Crippen LogP contribution in [0.25, 0.3) is 5.57 Å². The van der Waals surface area contributed by atoms with Gasteiger partial charge in [0.25, 0.3) is 17.1 Å². The standard InChI is InChI=1S/C25H18N2O3S/c28-23-21(22-24(29)27(25(30)31-22)16-18-11-5-2-6-12-18)19-13-7-8-14-20(19)26(23)15-17-9-3-1-4-10-17/h1-14H,15-16H2/b22-21+. The fourth-order valence-corrected chi connectivity index (χ4v) is 4.80. The molecule has 31 heavy (non-hydrogen) atoms. The van der Waals surface area contributed by atoms with Gasteiger partial charge in [0.05, 0.1) is 29.3 Å². The van der Waals surface area contributed by atoms with E-state index < -0.39 is 5.91 Å². The zero-order chi connectivity index (χ0) is 21.4. The summed E-state index contributed by atoms with van der Waals surface area (Å²) in [5.74, 6) is -0.672. The summed E-state index contributed by atoms with van der Waals surface area (Å²) in [6.07, 6.45) is 0. The first-order valence-electron chi connectivity index (χ1n) is 9.90. The summed E-state index contributed by atoms with van der Waals surface area (Å²) < 4.78 is 0. The van der Waals surface area contributed by atoms with Gasteiger partial charge in [-0.05, 0) is 29.0 Å². The molecule has 2 aliphatic rings. The van der Waals surface area contributed by atoms with Gasteiger partial charge in [-0.3, -0.25) is 19.3 Å². The molecule has 0 saturated carbocycles. The van der Waals surface area contributed by atoms with Gasteiger partial charge < -0.3 is 4.90 Å². The van der Waals surface area contributed by atoms with Crippen LogP contribution in [0, 0.1) is 0 Å². The number of hydrogen-bond donors (Lipinski definition) is 0. The first-order chi connectivity index (χ1) is 15.1. The van der Waals surface area contributed by atoms with Gasteiger partial charge in [0.1, 0.15) is 0 Å². The van der Waals surface area contributed by atoms with Crippen LogP contribution in [-0.4, -0.2) is 22.0 Å². The molecule has 1 saturated heterocycles. The summed E-state index contributed by atoms with van der Waals surface area (Å²) >= 11 is 0.844. The molecule has 2 aliphatic heterocycles. The highest BCUT2D eigenvalue weighted by atomic mass is 32.2. The van der Waals surface area contributed by atoms with E-state index in [2.05, 4.69) is 0 Å². The highest BCUT2D eigenvalue weighted by Crippen LogP contribution is 2.45. The highest BCUT2D eigenvalue weighted by molar-refractivity contribution is 8.18. The van der Waals surface area contributed by atoms with Crippen LogP contribution in [-0.2, 0) is 22.7 Å². The number of nitrogens with zero attached hydrogens (tertiary/aromatic N) is 2. The summed E-state index contributed by atoms with van der Waals surface area (Å²) in [5, 5.41) is -0.358. The number of thioether (sulfide) groups is 1. The minimum Gasteiger partial charge on any atom is -0.303 e. The predicted octanol–water partition coefficient (Wildman–Crippen LogP) is 4.84. The number of benzene rings is 3. The minimum absolute atomic E-state index is 0.186. The fraction of sp³-hybridized carbons (Fsp3) is 0.0800. The van der Waals surface area contributed by atoms with E-state index in [4.69, 9.17) is 0 Å². The maximum absolute atomic E-state index is 13.4. The Labute approximate surface area is 184 Å². The van der Waals surface area contributed by atoms with Crippen LogP contribution in [0.3, 0.4) is 0 Å². The van der Waals surface area contributed by atoms with E-state index in [1.165, 1.54) is 4.90 Å². The Morgan fingerprint density at radius 1 is 0.613 bits per heavy atom. The lowest BCUT2D eigenvalue weighted by atomic mass is 10.1. The number of amides is 3. The van der Waals surface area contributed by atoms with Crippen molar-refractivity contribution in [2.24, 2.45) is 0 Å². The number of anilines is 1. The first-order valence-corrected chi connectivity index (χ1v) is 10.7. The third-order valence-electron chi connectivity index (χ3n) is 5.37. The summed E-state index contributed by atoms with van der Waals surface area (Å²) in [4.78, 5) is 42.4. The van der Waals surface area contributed by atoms with Crippen LogP contribution in [0.1, 0.15) is 16.7 Å². The summed E-state index contributed by atoms with van der Waals surface area (Å²) in [5.41, 5.74) is 3.60. The lowest BCUT2D eigenvalue weighted by molar-refractivity contribution is -0.123. The van der Waals surface area contributed by atoms with Gasteiger partial charge >= 0.3 is 0 Å². The van der Waals surface area contributed by atoms with Gasteiger partial charge in [-0.1, -0.05) is 78.9 Å². The summed E-state index contributed by atoms with van der Waals surface area (Å²) in [6, 6.07) is 26.5. The van der Waals surface area contributed by atoms with Crippen LogP contribution in [0.15, 0.2) is 89.8 Å². The van der Waals surface area contributed by atoms with Crippen LogP contribution >= 0.6 is 11.8 Å². The maximum atomic E-state index is 13.4. The molecule has 0 aromatic heterocycles. The van der Waals surface area contributed by atoms with Gasteiger partial charge in [-0.2, -0.15) is 0 Å². The first kappa shape index (κ1) is 19.3. The smallest absolute Gasteiger partial charge is 0.293 e. The Bertz CT molecular complexity index is 1220. The van der Waals surface area contributed by atoms with Gasteiger partial charge in [0.2, 0.25) is 0 Å². The quantitative estimate of drug-likeness (QED) is 0.560. The van der Waals surface area contributed by atoms with Gasteiger partial charge in [0.15, 0.2) is 0 Å². The third kappa shape index (κ3) is 3.45. The molecule has 0 bridgehead atoms. The molecule has 152 valence electrons. The topological polar surface area (TPSA) is 57.7 Å². The van der Waals surface area contributed by atoms with E-state index >= 15 is 0 Å². The average molecular weight is 426 g/mol. The molecule has 0 aliphatic carbocycles. The molecule has 3 amide bonds. The molecule has 0 N–H and O–H groups in total. The fourth-order valence-electron chi connectivity index (χ4n) is 3.87. The number of rotatable bonds is 4. The molecule has 2 heterocycles. The summed E-state index contributed by atoms with van der Waals surface area (Å²) in [7, 11) is 0. The van der Waals surface area contributed by atoms with Gasteiger partial charge in [-0.15, -0.1) is 0 Å². The number of hydrogen-bond acceptors (Lipinski definition) is 4. The number of carbonyl (C=O) groups excluding carboxylic acids is 3. The SMILES string of the molecule is O=C1S/C(=C2/C(=O)N(Cc3ccccc3)c3ccccc32)C(=O)N1Cc1ccccc1. The van der Waals surface area contributed by atoms with Crippen molar-refractivity contribution in [3.05, 3.63) is 107 Å². The minimum atomic E-state index is -0.418. The molecule has 3 aromatic carbocycles. The van der Waals surface area contributed by atoms with Crippen molar-refractivity contribution in [2.75, 3.05) is 4.90 Å². The average Bonchev–Trinajstić information content (AvgIpc) is 3.23. The van der Waals surface area contributed by atoms with Crippen molar-refractivity contribution >= 4 is 40.1 Å². The van der Waals surface area contributed by atoms with Crippen molar-refractivity contribution in [3.63, 3.8) is 0 Å². The van der Waals surface area contributed by atoms with E-state index in [0.717, 1.165) is 28.6 Å². The van der Waals surface area contributed by atoms with E-state index in [9.17, 15) is 14.4 Å². The summed E-state index contributed by atoms with van der Waals surface area (Å²) in [6.45, 7) is 0.583. The van der Waals surface area contributed by atoms with Crippen LogP contribution < -0.4 is 4.90 Å². The second-order valence-electron chi connectivity index (χ2n) is 7.34. The zero-order valence-electron chi connectivity index (χ0n) is 16.5. The molecule has 3 aromatic rings. The van der Waals surface area contributed by atoms with E-state index in [1.54, 1.807) is 4.90 Å². The van der Waals surface area contributed by atoms with Crippen LogP contribution in [0.2, 0.25) is 0 Å². The molecule has 6 heteroatoms. The van der Waals surface area contributed by atoms with Crippen molar-refractivity contribution in [2.45, 2.75) is 13.1 Å². The normalized spacial score (nSPS) is 18.1. The molecule has 1 fully saturated rings. The molecular formula is C25H18N2O3S. The van der Waals surface area contributed by atoms with Crippen LogP contribution in [0.5, 0.6) is 0 Å². The van der Waals surface area contributed by atoms with Crippen molar-refractivity contribution in [3.8, 4) is 0 Å². The Balaban J connectivity index is 1.52. The van der Waals surface area contributed by atoms with E-state index in [0.29, 0.717) is 17.7 Å². The zero-order valence-corrected chi connectivity index (χ0v) is 17.3. The Hall–Kier alpha value is -3.64. The second kappa shape index (κ2) is 7.89. The van der Waals surface area contributed by atoms with Gasteiger partial charge in [0, 0.05) is 5.56 Å². The van der Waals surface area contributed by atoms with Crippen molar-refractivity contribution < 1.29 is 14.4 Å². The third-order valence-corrected chi connectivity index (χ3v) is 6.34. The number of para-hydroxylation sites is 1. The number of carbonyl (C=O) groups is 3. The Kier molecular flexibility index (Phi) is 4.92. The van der Waals surface area contributed by atoms with E-state index in [1.807, 2.05) is 84.9 Å². The molecule has 0 radical (unpaired) electrons. The van der Waals surface area contributed by atoms with Crippen molar-refractivity contribution in [1.82, 2.24) is 4.90 Å². The monoisotopic (exact) mass is 426 g/mol. The Morgan fingerprint density at radius 3 is 1.81 bits per heavy atom. The van der Waals surface area contributed by atoms with Crippen LogP contribution in [0.4, 0.5) is 10.5 Å². The highest BCUT2D eigenvalue weighted by Gasteiger charge is 2.43. The Morgan fingerprint density at radius 2 is 1.16 bits per heavy atom. The number of imide groups is 1. The molecule has 5 nitrogen and oxygen atoms in total. The molecule has 0 spiro atoms. The molecular weight excluding hydrogens is 408 g/mol. The lowest BCUT2D eigenvalue weighted by Gasteiger charge is -2.17. The lowest BCUT2D eigenvalue weighted by Crippen LogP contribution is -2.29. The van der Waals surface area contributed by atoms with E-state index in [-0.39, 0.29) is 22.6 Å². The van der Waals surface area contributed by atoms with Gasteiger partial charge in [-0.25, -0.2) is 0 Å². The molecule has 0 unspecified atom stereocenters. The molecule has 5 rings (SSSR count). The van der Waals surface area contributed by atoms with Crippen molar-refractivity contribution in [1.29, 1.82) is 0 Å². The molecule has 0 atom stereocenters. The predicted molar refractivity (Wildman–Crippen MR) is 121 cm³/mol.